The zero-order chi connectivity index (χ0) is 28.0. The number of nitro groups is 1. The number of ether oxygens (including phenoxy) is 1. The maximum Gasteiger partial charge on any atom is 0.270 e. The largest absolute Gasteiger partial charge is 0.497 e. The molecule has 0 fully saturated rings. The van der Waals surface area contributed by atoms with E-state index in [0.29, 0.717) is 16.5 Å². The van der Waals surface area contributed by atoms with Gasteiger partial charge in [0.15, 0.2) is 11.0 Å². The second kappa shape index (κ2) is 11.9. The van der Waals surface area contributed by atoms with E-state index in [4.69, 9.17) is 4.74 Å². The van der Waals surface area contributed by atoms with Crippen molar-refractivity contribution < 1.29 is 14.5 Å². The summed E-state index contributed by atoms with van der Waals surface area (Å²) in [6.45, 7) is 6.49. The number of hydrogen-bond acceptors (Lipinski definition) is 8. The van der Waals surface area contributed by atoms with Crippen molar-refractivity contribution in [1.82, 2.24) is 20.2 Å². The zero-order valence-electron chi connectivity index (χ0n) is 22.0. The SMILES string of the molecule is COc1ccc(-n2c(SCC(=O)N/N=C\c3cccc([N+](=O)[O-])c3)nnc2-c2ccc(C(C)(C)C)cc2)cc1. The van der Waals surface area contributed by atoms with Gasteiger partial charge in [-0.25, -0.2) is 5.43 Å². The lowest BCUT2D eigenvalue weighted by Gasteiger charge is -2.19. The molecule has 4 rings (SSSR count). The number of hydrogen-bond donors (Lipinski definition) is 1. The quantitative estimate of drug-likeness (QED) is 0.130. The van der Waals surface area contributed by atoms with Crippen LogP contribution in [0.3, 0.4) is 0 Å². The van der Waals surface area contributed by atoms with Crippen LogP contribution in [0.1, 0.15) is 31.9 Å². The van der Waals surface area contributed by atoms with Gasteiger partial charge >= 0.3 is 0 Å². The maximum atomic E-state index is 12.5. The van der Waals surface area contributed by atoms with Gasteiger partial charge in [-0.2, -0.15) is 5.10 Å². The Labute approximate surface area is 230 Å². The Hall–Kier alpha value is -4.51. The summed E-state index contributed by atoms with van der Waals surface area (Å²) >= 11 is 1.22. The van der Waals surface area contributed by atoms with Gasteiger partial charge in [0.1, 0.15) is 5.75 Å². The highest BCUT2D eigenvalue weighted by molar-refractivity contribution is 7.99. The summed E-state index contributed by atoms with van der Waals surface area (Å²) in [5.74, 6) is 1.04. The van der Waals surface area contributed by atoms with Crippen molar-refractivity contribution in [3.63, 3.8) is 0 Å². The average Bonchev–Trinajstić information content (AvgIpc) is 3.35. The Morgan fingerprint density at radius 1 is 1.10 bits per heavy atom. The highest BCUT2D eigenvalue weighted by Crippen LogP contribution is 2.30. The zero-order valence-corrected chi connectivity index (χ0v) is 22.8. The van der Waals surface area contributed by atoms with E-state index in [9.17, 15) is 14.9 Å². The van der Waals surface area contributed by atoms with Gasteiger partial charge in [0, 0.05) is 28.9 Å². The highest BCUT2D eigenvalue weighted by atomic mass is 32.2. The molecule has 1 amide bonds. The lowest BCUT2D eigenvalue weighted by Crippen LogP contribution is -2.20. The van der Waals surface area contributed by atoms with Gasteiger partial charge in [-0.05, 0) is 35.2 Å². The number of benzene rings is 3. The third kappa shape index (κ3) is 6.88. The second-order valence-corrected chi connectivity index (χ2v) is 10.5. The first-order valence-corrected chi connectivity index (χ1v) is 13.0. The Kier molecular flexibility index (Phi) is 8.40. The fraction of sp³-hybridized carbons (Fsp3) is 0.214. The molecule has 0 aliphatic heterocycles. The fourth-order valence-electron chi connectivity index (χ4n) is 3.69. The fourth-order valence-corrected chi connectivity index (χ4v) is 4.44. The summed E-state index contributed by atoms with van der Waals surface area (Å²) in [7, 11) is 1.61. The number of aromatic nitrogens is 3. The monoisotopic (exact) mass is 544 g/mol. The molecule has 1 N–H and O–H groups in total. The minimum atomic E-state index is -0.487. The van der Waals surface area contributed by atoms with Crippen LogP contribution in [0.25, 0.3) is 17.1 Å². The van der Waals surface area contributed by atoms with Crippen LogP contribution >= 0.6 is 11.8 Å². The second-order valence-electron chi connectivity index (χ2n) is 9.60. The lowest BCUT2D eigenvalue weighted by atomic mass is 9.87. The number of nitrogens with zero attached hydrogens (tertiary/aromatic N) is 5. The van der Waals surface area contributed by atoms with Crippen LogP contribution in [0, 0.1) is 10.1 Å². The standard InChI is InChI=1S/C28H28N6O4S/c1-28(2,3)21-10-8-20(9-11-21)26-31-32-27(33(26)22-12-14-24(38-4)15-13-22)39-18-25(35)30-29-17-19-6-5-7-23(16-19)34(36)37/h5-17H,18H2,1-4H3,(H,30,35)/b29-17-. The van der Waals surface area contributed by atoms with Crippen LogP contribution in [0.15, 0.2) is 83.1 Å². The van der Waals surface area contributed by atoms with Gasteiger partial charge in [-0.1, -0.05) is 68.9 Å². The van der Waals surface area contributed by atoms with Crippen molar-refractivity contribution in [1.29, 1.82) is 0 Å². The lowest BCUT2D eigenvalue weighted by molar-refractivity contribution is -0.384. The Morgan fingerprint density at radius 3 is 2.46 bits per heavy atom. The maximum absolute atomic E-state index is 12.5. The Morgan fingerprint density at radius 2 is 1.82 bits per heavy atom. The highest BCUT2D eigenvalue weighted by Gasteiger charge is 2.19. The summed E-state index contributed by atoms with van der Waals surface area (Å²) < 4.78 is 7.20. The van der Waals surface area contributed by atoms with Gasteiger partial charge in [0.25, 0.3) is 11.6 Å². The predicted molar refractivity (Wildman–Crippen MR) is 152 cm³/mol. The minimum absolute atomic E-state index is 0.0221. The number of methoxy groups -OCH3 is 1. The van der Waals surface area contributed by atoms with Crippen molar-refractivity contribution >= 4 is 29.6 Å². The van der Waals surface area contributed by atoms with Crippen LogP contribution in [-0.4, -0.2) is 44.7 Å². The van der Waals surface area contributed by atoms with E-state index in [1.807, 2.05) is 41.0 Å². The van der Waals surface area contributed by atoms with Crippen molar-refractivity contribution in [2.24, 2.45) is 5.10 Å². The van der Waals surface area contributed by atoms with E-state index in [-0.39, 0.29) is 22.8 Å². The predicted octanol–water partition coefficient (Wildman–Crippen LogP) is 5.39. The number of hydrazone groups is 1. The third-order valence-electron chi connectivity index (χ3n) is 5.79. The summed E-state index contributed by atoms with van der Waals surface area (Å²) in [5.41, 5.74) is 5.84. The van der Waals surface area contributed by atoms with Gasteiger partial charge < -0.3 is 4.74 Å². The molecule has 0 saturated heterocycles. The molecule has 0 aliphatic rings. The van der Waals surface area contributed by atoms with Gasteiger partial charge in [-0.15, -0.1) is 10.2 Å². The molecule has 0 radical (unpaired) electrons. The summed E-state index contributed by atoms with van der Waals surface area (Å²) in [6, 6.07) is 21.7. The molecule has 10 nitrogen and oxygen atoms in total. The molecule has 0 aliphatic carbocycles. The van der Waals surface area contributed by atoms with Crippen molar-refractivity contribution in [3.05, 3.63) is 94.0 Å². The Balaban J connectivity index is 1.53. The van der Waals surface area contributed by atoms with Crippen molar-refractivity contribution in [2.45, 2.75) is 31.3 Å². The van der Waals surface area contributed by atoms with E-state index in [1.165, 1.54) is 35.7 Å². The summed E-state index contributed by atoms with van der Waals surface area (Å²) in [4.78, 5) is 22.9. The van der Waals surface area contributed by atoms with E-state index in [1.54, 1.807) is 19.2 Å². The first-order chi connectivity index (χ1) is 18.7. The van der Waals surface area contributed by atoms with E-state index in [0.717, 1.165) is 17.0 Å². The van der Waals surface area contributed by atoms with E-state index >= 15 is 0 Å². The molecule has 11 heteroatoms. The van der Waals surface area contributed by atoms with Crippen LogP contribution in [0.2, 0.25) is 0 Å². The van der Waals surface area contributed by atoms with Crippen LogP contribution in [0.4, 0.5) is 5.69 Å². The molecular formula is C28H28N6O4S. The van der Waals surface area contributed by atoms with Crippen molar-refractivity contribution in [3.8, 4) is 22.8 Å². The first kappa shape index (κ1) is 27.5. The first-order valence-electron chi connectivity index (χ1n) is 12.1. The number of nitrogens with one attached hydrogen (secondary N) is 1. The van der Waals surface area contributed by atoms with Gasteiger partial charge in [0.05, 0.1) is 24.0 Å². The molecule has 0 spiro atoms. The van der Waals surface area contributed by atoms with Crippen LogP contribution < -0.4 is 10.2 Å². The average molecular weight is 545 g/mol. The smallest absolute Gasteiger partial charge is 0.270 e. The third-order valence-corrected chi connectivity index (χ3v) is 6.72. The normalized spacial score (nSPS) is 11.5. The molecule has 0 bridgehead atoms. The molecule has 3 aromatic carbocycles. The molecule has 1 aromatic heterocycles. The molecule has 0 atom stereocenters. The number of non-ortho nitro benzene ring substituents is 1. The van der Waals surface area contributed by atoms with Crippen molar-refractivity contribution in [2.75, 3.05) is 12.9 Å². The molecule has 0 unspecified atom stereocenters. The van der Waals surface area contributed by atoms with Crippen LogP contribution in [0.5, 0.6) is 5.75 Å². The molecule has 39 heavy (non-hydrogen) atoms. The number of carbonyl (C=O) groups excluding carboxylic acids is 1. The molecular weight excluding hydrogens is 516 g/mol. The van der Waals surface area contributed by atoms with Gasteiger partial charge in [0.2, 0.25) is 0 Å². The topological polar surface area (TPSA) is 125 Å². The van der Waals surface area contributed by atoms with Crippen LogP contribution in [-0.2, 0) is 10.2 Å². The number of nitro benzene ring substituents is 1. The number of carbonyl (C=O) groups is 1. The van der Waals surface area contributed by atoms with Gasteiger partial charge in [-0.3, -0.25) is 19.5 Å². The molecule has 4 aromatic rings. The Bertz CT molecular complexity index is 1490. The summed E-state index contributed by atoms with van der Waals surface area (Å²) in [6.07, 6.45) is 1.36. The van der Waals surface area contributed by atoms with E-state index < -0.39 is 4.92 Å². The molecule has 1 heterocycles. The van der Waals surface area contributed by atoms with E-state index in [2.05, 4.69) is 53.6 Å². The molecule has 200 valence electrons. The number of rotatable bonds is 9. The molecule has 0 saturated carbocycles. The summed E-state index contributed by atoms with van der Waals surface area (Å²) in [5, 5.41) is 24.2. The number of thioether (sulfide) groups is 1. The number of amides is 1. The minimum Gasteiger partial charge on any atom is -0.497 e.